The first-order valence-corrected chi connectivity index (χ1v) is 6.48. The number of carboxylic acid groups (broad SMARTS) is 1. The third kappa shape index (κ3) is 4.22. The van der Waals surface area contributed by atoms with E-state index in [0.29, 0.717) is 39.9 Å². The molecule has 6 heteroatoms. The number of carboxylic acids is 1. The van der Waals surface area contributed by atoms with E-state index in [4.69, 9.17) is 51.5 Å². The molecule has 2 nitrogen and oxygen atoms in total. The predicted octanol–water partition coefficient (Wildman–Crippen LogP) is 5.10. The summed E-state index contributed by atoms with van der Waals surface area (Å²) >= 11 is 23.7. The number of rotatable bonds is 5. The molecule has 0 amide bonds. The third-order valence-corrected chi connectivity index (χ3v) is 3.91. The van der Waals surface area contributed by atoms with Crippen LogP contribution in [-0.2, 0) is 11.2 Å². The van der Waals surface area contributed by atoms with E-state index in [0.717, 1.165) is 0 Å². The fraction of sp³-hybridized carbons (Fsp3) is 0.364. The molecule has 0 atom stereocenters. The molecule has 0 aliphatic carbocycles. The zero-order valence-corrected chi connectivity index (χ0v) is 11.8. The summed E-state index contributed by atoms with van der Waals surface area (Å²) in [5.74, 6) is -0.809. The zero-order chi connectivity index (χ0) is 13.0. The Bertz CT molecular complexity index is 432. The van der Waals surface area contributed by atoms with E-state index in [2.05, 4.69) is 0 Å². The van der Waals surface area contributed by atoms with E-state index >= 15 is 0 Å². The molecule has 0 saturated heterocycles. The summed E-state index contributed by atoms with van der Waals surface area (Å²) in [7, 11) is 0. The normalized spacial score (nSPS) is 10.6. The number of benzene rings is 1. The fourth-order valence-corrected chi connectivity index (χ4v) is 2.53. The number of halogens is 4. The number of carbonyl (C=O) groups is 1. The second kappa shape index (κ2) is 6.69. The van der Waals surface area contributed by atoms with Gasteiger partial charge in [0.25, 0.3) is 0 Å². The first-order chi connectivity index (χ1) is 7.93. The van der Waals surface area contributed by atoms with E-state index in [9.17, 15) is 4.79 Å². The highest BCUT2D eigenvalue weighted by atomic mass is 35.5. The maximum atomic E-state index is 10.4. The van der Waals surface area contributed by atoms with Gasteiger partial charge in [0.15, 0.2) is 0 Å². The second-order valence-corrected chi connectivity index (χ2v) is 5.12. The quantitative estimate of drug-likeness (QED) is 0.466. The van der Waals surface area contributed by atoms with Crippen LogP contribution in [0.4, 0.5) is 0 Å². The monoisotopic (exact) mass is 314 g/mol. The van der Waals surface area contributed by atoms with Gasteiger partial charge in [-0.2, -0.15) is 0 Å². The van der Waals surface area contributed by atoms with Crippen molar-refractivity contribution in [2.75, 3.05) is 0 Å². The summed E-state index contributed by atoms with van der Waals surface area (Å²) in [5, 5.41) is 9.91. The van der Waals surface area contributed by atoms with Gasteiger partial charge in [-0.1, -0.05) is 46.4 Å². The third-order valence-electron chi connectivity index (χ3n) is 2.28. The molecule has 0 fully saturated rings. The first-order valence-electron chi connectivity index (χ1n) is 4.97. The van der Waals surface area contributed by atoms with Crippen molar-refractivity contribution < 1.29 is 9.90 Å². The Morgan fingerprint density at radius 3 is 2.29 bits per heavy atom. The Labute approximate surface area is 119 Å². The molecule has 0 spiro atoms. The largest absolute Gasteiger partial charge is 0.481 e. The Morgan fingerprint density at radius 1 is 1.06 bits per heavy atom. The van der Waals surface area contributed by atoms with Gasteiger partial charge in [-0.3, -0.25) is 4.79 Å². The Morgan fingerprint density at radius 2 is 1.71 bits per heavy atom. The molecule has 0 heterocycles. The standard InChI is InChI=1S/C11H10Cl4O2/c12-7-5-8(13)11(15)10(14)6(7)3-1-2-4-9(16)17/h5H,1-4H2,(H,16,17). The van der Waals surface area contributed by atoms with Crippen LogP contribution >= 0.6 is 46.4 Å². The molecular weight excluding hydrogens is 306 g/mol. The van der Waals surface area contributed by atoms with E-state index in [1.807, 2.05) is 0 Å². The van der Waals surface area contributed by atoms with Crippen LogP contribution in [0.2, 0.25) is 20.1 Å². The van der Waals surface area contributed by atoms with Crippen LogP contribution < -0.4 is 0 Å². The van der Waals surface area contributed by atoms with Crippen molar-refractivity contribution in [3.05, 3.63) is 31.7 Å². The molecule has 94 valence electrons. The summed E-state index contributed by atoms with van der Waals surface area (Å²) < 4.78 is 0. The highest BCUT2D eigenvalue weighted by Crippen LogP contribution is 2.38. The molecular formula is C11H10Cl4O2. The summed E-state index contributed by atoms with van der Waals surface area (Å²) in [6.45, 7) is 0. The zero-order valence-electron chi connectivity index (χ0n) is 8.77. The lowest BCUT2D eigenvalue weighted by atomic mass is 10.1. The topological polar surface area (TPSA) is 37.3 Å². The lowest BCUT2D eigenvalue weighted by molar-refractivity contribution is -0.137. The van der Waals surface area contributed by atoms with Crippen molar-refractivity contribution in [3.63, 3.8) is 0 Å². The van der Waals surface area contributed by atoms with Gasteiger partial charge in [-0.05, 0) is 30.9 Å². The van der Waals surface area contributed by atoms with E-state index in [-0.39, 0.29) is 11.4 Å². The van der Waals surface area contributed by atoms with Gasteiger partial charge >= 0.3 is 5.97 Å². The van der Waals surface area contributed by atoms with Crippen molar-refractivity contribution in [2.24, 2.45) is 0 Å². The molecule has 0 aromatic heterocycles. The fourth-order valence-electron chi connectivity index (χ4n) is 1.41. The number of hydrogen-bond acceptors (Lipinski definition) is 1. The van der Waals surface area contributed by atoms with Gasteiger partial charge in [-0.15, -0.1) is 0 Å². The predicted molar refractivity (Wildman–Crippen MR) is 71.7 cm³/mol. The molecule has 0 saturated carbocycles. The number of hydrogen-bond donors (Lipinski definition) is 1. The summed E-state index contributed by atoms with van der Waals surface area (Å²) in [5.41, 5.74) is 0.716. The highest BCUT2D eigenvalue weighted by molar-refractivity contribution is 6.49. The summed E-state index contributed by atoms with van der Waals surface area (Å²) in [4.78, 5) is 10.4. The second-order valence-electron chi connectivity index (χ2n) is 3.55. The maximum Gasteiger partial charge on any atom is 0.303 e. The van der Waals surface area contributed by atoms with Crippen LogP contribution in [0, 0.1) is 0 Å². The lowest BCUT2D eigenvalue weighted by Gasteiger charge is -2.09. The van der Waals surface area contributed by atoms with Crippen molar-refractivity contribution in [1.29, 1.82) is 0 Å². The van der Waals surface area contributed by atoms with Crippen LogP contribution in [0.1, 0.15) is 24.8 Å². The molecule has 0 aliphatic heterocycles. The Hall–Kier alpha value is -0.150. The van der Waals surface area contributed by atoms with Crippen molar-refractivity contribution >= 4 is 52.4 Å². The van der Waals surface area contributed by atoms with Crippen molar-refractivity contribution in [1.82, 2.24) is 0 Å². The van der Waals surface area contributed by atoms with Crippen molar-refractivity contribution in [2.45, 2.75) is 25.7 Å². The minimum Gasteiger partial charge on any atom is -0.481 e. The summed E-state index contributed by atoms with van der Waals surface area (Å²) in [6, 6.07) is 1.55. The smallest absolute Gasteiger partial charge is 0.303 e. The molecule has 1 aromatic rings. The Balaban J connectivity index is 2.71. The molecule has 0 radical (unpaired) electrons. The molecule has 1 N–H and O–H groups in total. The van der Waals surface area contributed by atoms with Crippen LogP contribution in [0.15, 0.2) is 6.07 Å². The van der Waals surface area contributed by atoms with E-state index in [1.165, 1.54) is 0 Å². The van der Waals surface area contributed by atoms with Gasteiger partial charge in [0.05, 0.1) is 15.1 Å². The molecule has 0 aliphatic rings. The SMILES string of the molecule is O=C(O)CCCCc1c(Cl)cc(Cl)c(Cl)c1Cl. The van der Waals surface area contributed by atoms with Gasteiger partial charge in [-0.25, -0.2) is 0 Å². The van der Waals surface area contributed by atoms with Crippen LogP contribution in [-0.4, -0.2) is 11.1 Å². The minimum atomic E-state index is -0.809. The molecule has 1 aromatic carbocycles. The average Bonchev–Trinajstić information content (AvgIpc) is 2.24. The minimum absolute atomic E-state index is 0.135. The lowest BCUT2D eigenvalue weighted by Crippen LogP contribution is -1.96. The van der Waals surface area contributed by atoms with Crippen molar-refractivity contribution in [3.8, 4) is 0 Å². The van der Waals surface area contributed by atoms with Crippen LogP contribution in [0.25, 0.3) is 0 Å². The van der Waals surface area contributed by atoms with Crippen LogP contribution in [0.5, 0.6) is 0 Å². The number of aliphatic carboxylic acids is 1. The molecule has 0 unspecified atom stereocenters. The van der Waals surface area contributed by atoms with E-state index < -0.39 is 5.97 Å². The first kappa shape index (κ1) is 14.9. The molecule has 1 rings (SSSR count). The average molecular weight is 316 g/mol. The van der Waals surface area contributed by atoms with Gasteiger partial charge in [0, 0.05) is 11.4 Å². The maximum absolute atomic E-state index is 10.4. The Kier molecular flexibility index (Phi) is 5.87. The molecule has 0 bridgehead atoms. The van der Waals surface area contributed by atoms with Gasteiger partial charge < -0.3 is 5.11 Å². The number of unbranched alkanes of at least 4 members (excludes halogenated alkanes) is 1. The highest BCUT2D eigenvalue weighted by Gasteiger charge is 2.13. The molecule has 17 heavy (non-hydrogen) atoms. The summed E-state index contributed by atoms with van der Waals surface area (Å²) in [6.07, 6.45) is 1.98. The van der Waals surface area contributed by atoms with E-state index in [1.54, 1.807) is 6.07 Å². The van der Waals surface area contributed by atoms with Gasteiger partial charge in [0.1, 0.15) is 0 Å². The van der Waals surface area contributed by atoms with Crippen LogP contribution in [0.3, 0.4) is 0 Å². The van der Waals surface area contributed by atoms with Gasteiger partial charge in [0.2, 0.25) is 0 Å².